The smallest absolute Gasteiger partial charge is 0.161 e. The lowest BCUT2D eigenvalue weighted by molar-refractivity contribution is 0.619. The van der Waals surface area contributed by atoms with E-state index in [1.165, 1.54) is 6.07 Å². The van der Waals surface area contributed by atoms with Gasteiger partial charge >= 0.3 is 0 Å². The molecule has 0 atom stereocenters. The standard InChI is InChI=1S/C14H15FIN3/c1-3-6-17-14-12(16)8-18-13(19-14)10-5-4-9(2)11(15)7-10/h4-5,7-8H,3,6H2,1-2H3,(H,17,18,19). The van der Waals surface area contributed by atoms with Crippen LogP contribution in [0.2, 0.25) is 0 Å². The molecule has 3 nitrogen and oxygen atoms in total. The molecule has 0 fully saturated rings. The molecule has 1 N–H and O–H groups in total. The van der Waals surface area contributed by atoms with Crippen LogP contribution in [-0.2, 0) is 0 Å². The summed E-state index contributed by atoms with van der Waals surface area (Å²) in [5, 5.41) is 3.25. The number of nitrogens with zero attached hydrogens (tertiary/aromatic N) is 2. The highest BCUT2D eigenvalue weighted by Gasteiger charge is 2.08. The monoisotopic (exact) mass is 371 g/mol. The van der Waals surface area contributed by atoms with Gasteiger partial charge in [0.2, 0.25) is 0 Å². The third-order valence-electron chi connectivity index (χ3n) is 2.72. The quantitative estimate of drug-likeness (QED) is 0.826. The van der Waals surface area contributed by atoms with Crippen LogP contribution in [0.4, 0.5) is 10.2 Å². The number of nitrogens with one attached hydrogen (secondary N) is 1. The zero-order valence-electron chi connectivity index (χ0n) is 10.9. The summed E-state index contributed by atoms with van der Waals surface area (Å²) in [6.45, 7) is 4.69. The molecule has 19 heavy (non-hydrogen) atoms. The molecule has 0 aliphatic heterocycles. The summed E-state index contributed by atoms with van der Waals surface area (Å²) in [6.07, 6.45) is 2.77. The highest BCUT2D eigenvalue weighted by atomic mass is 127. The summed E-state index contributed by atoms with van der Waals surface area (Å²) < 4.78 is 14.5. The molecule has 0 spiro atoms. The van der Waals surface area contributed by atoms with Gasteiger partial charge in [-0.1, -0.05) is 19.1 Å². The molecule has 0 aliphatic carbocycles. The molecule has 0 radical (unpaired) electrons. The summed E-state index contributed by atoms with van der Waals surface area (Å²) in [4.78, 5) is 8.72. The minimum absolute atomic E-state index is 0.234. The van der Waals surface area contributed by atoms with E-state index in [-0.39, 0.29) is 5.82 Å². The van der Waals surface area contributed by atoms with Gasteiger partial charge in [0.1, 0.15) is 11.6 Å². The van der Waals surface area contributed by atoms with E-state index in [2.05, 4.69) is 44.8 Å². The number of hydrogen-bond acceptors (Lipinski definition) is 3. The van der Waals surface area contributed by atoms with Gasteiger partial charge in [0, 0.05) is 18.3 Å². The van der Waals surface area contributed by atoms with Crippen LogP contribution in [0.15, 0.2) is 24.4 Å². The summed E-state index contributed by atoms with van der Waals surface area (Å²) in [7, 11) is 0. The van der Waals surface area contributed by atoms with Crippen molar-refractivity contribution in [3.05, 3.63) is 39.3 Å². The van der Waals surface area contributed by atoms with Crippen LogP contribution in [-0.4, -0.2) is 16.5 Å². The highest BCUT2D eigenvalue weighted by Crippen LogP contribution is 2.22. The molecule has 0 bridgehead atoms. The average molecular weight is 371 g/mol. The molecule has 0 amide bonds. The van der Waals surface area contributed by atoms with Crippen molar-refractivity contribution in [1.82, 2.24) is 9.97 Å². The molecule has 0 unspecified atom stereocenters. The first-order valence-corrected chi connectivity index (χ1v) is 7.22. The fraction of sp³-hybridized carbons (Fsp3) is 0.286. The Morgan fingerprint density at radius 1 is 1.37 bits per heavy atom. The summed E-state index contributed by atoms with van der Waals surface area (Å²) in [5.41, 5.74) is 1.32. The van der Waals surface area contributed by atoms with Gasteiger partial charge in [-0.15, -0.1) is 0 Å². The second-order valence-corrected chi connectivity index (χ2v) is 5.44. The van der Waals surface area contributed by atoms with Crippen molar-refractivity contribution in [3.63, 3.8) is 0 Å². The van der Waals surface area contributed by atoms with Gasteiger partial charge in [0.15, 0.2) is 5.82 Å². The van der Waals surface area contributed by atoms with Crippen LogP contribution in [0.25, 0.3) is 11.4 Å². The van der Waals surface area contributed by atoms with Crippen molar-refractivity contribution in [1.29, 1.82) is 0 Å². The predicted octanol–water partition coefficient (Wildman–Crippen LogP) is 4.02. The molecule has 0 saturated carbocycles. The van der Waals surface area contributed by atoms with Crippen molar-refractivity contribution in [3.8, 4) is 11.4 Å². The van der Waals surface area contributed by atoms with Crippen LogP contribution in [0.5, 0.6) is 0 Å². The van der Waals surface area contributed by atoms with Gasteiger partial charge in [-0.05, 0) is 47.6 Å². The van der Waals surface area contributed by atoms with Gasteiger partial charge in [0.25, 0.3) is 0 Å². The molecule has 1 aromatic heterocycles. The Labute approximate surface area is 125 Å². The fourth-order valence-corrected chi connectivity index (χ4v) is 2.06. The fourth-order valence-electron chi connectivity index (χ4n) is 1.61. The molecule has 2 rings (SSSR count). The Balaban J connectivity index is 2.36. The lowest BCUT2D eigenvalue weighted by Crippen LogP contribution is -2.05. The van der Waals surface area contributed by atoms with Crippen LogP contribution >= 0.6 is 22.6 Å². The van der Waals surface area contributed by atoms with E-state index >= 15 is 0 Å². The average Bonchev–Trinajstić information content (AvgIpc) is 2.41. The summed E-state index contributed by atoms with van der Waals surface area (Å²) >= 11 is 2.19. The number of aryl methyl sites for hydroxylation is 1. The number of benzene rings is 1. The number of halogens is 2. The minimum atomic E-state index is -0.234. The molecule has 0 saturated heterocycles. The Morgan fingerprint density at radius 3 is 2.84 bits per heavy atom. The Hall–Kier alpha value is -1.24. The van der Waals surface area contributed by atoms with Crippen molar-refractivity contribution >= 4 is 28.4 Å². The maximum atomic E-state index is 13.6. The largest absolute Gasteiger partial charge is 0.369 e. The van der Waals surface area contributed by atoms with Gasteiger partial charge in [0.05, 0.1) is 3.57 Å². The first-order valence-electron chi connectivity index (χ1n) is 6.14. The van der Waals surface area contributed by atoms with E-state index in [9.17, 15) is 4.39 Å². The second kappa shape index (κ2) is 6.27. The van der Waals surface area contributed by atoms with E-state index in [0.717, 1.165) is 22.4 Å². The first kappa shape index (κ1) is 14.2. The van der Waals surface area contributed by atoms with Crippen molar-refractivity contribution < 1.29 is 4.39 Å². The van der Waals surface area contributed by atoms with Crippen LogP contribution in [0.3, 0.4) is 0 Å². The lowest BCUT2D eigenvalue weighted by Gasteiger charge is -2.08. The zero-order valence-corrected chi connectivity index (χ0v) is 13.0. The zero-order chi connectivity index (χ0) is 13.8. The topological polar surface area (TPSA) is 37.8 Å². The van der Waals surface area contributed by atoms with Gasteiger partial charge in [-0.2, -0.15) is 0 Å². The predicted molar refractivity (Wildman–Crippen MR) is 83.7 cm³/mol. The number of hydrogen-bond donors (Lipinski definition) is 1. The Bertz CT molecular complexity index is 587. The molecule has 5 heteroatoms. The van der Waals surface area contributed by atoms with Crippen LogP contribution < -0.4 is 5.32 Å². The second-order valence-electron chi connectivity index (χ2n) is 4.28. The normalized spacial score (nSPS) is 10.5. The molecule has 1 heterocycles. The lowest BCUT2D eigenvalue weighted by atomic mass is 10.1. The van der Waals surface area contributed by atoms with Crippen LogP contribution in [0, 0.1) is 16.3 Å². The van der Waals surface area contributed by atoms with E-state index in [4.69, 9.17) is 0 Å². The minimum Gasteiger partial charge on any atom is -0.369 e. The molecule has 1 aromatic carbocycles. The third kappa shape index (κ3) is 3.40. The summed E-state index contributed by atoms with van der Waals surface area (Å²) in [5.74, 6) is 1.11. The van der Waals surface area contributed by atoms with E-state index in [1.807, 2.05) is 6.07 Å². The Kier molecular flexibility index (Phi) is 4.68. The number of anilines is 1. The summed E-state index contributed by atoms with van der Waals surface area (Å²) in [6, 6.07) is 5.05. The van der Waals surface area contributed by atoms with Crippen LogP contribution in [0.1, 0.15) is 18.9 Å². The van der Waals surface area contributed by atoms with Crippen molar-refractivity contribution in [2.45, 2.75) is 20.3 Å². The molecular formula is C14H15FIN3. The first-order chi connectivity index (χ1) is 9.11. The third-order valence-corrected chi connectivity index (χ3v) is 3.51. The molecule has 2 aromatic rings. The van der Waals surface area contributed by atoms with Crippen molar-refractivity contribution in [2.75, 3.05) is 11.9 Å². The van der Waals surface area contributed by atoms with Gasteiger partial charge in [-0.25, -0.2) is 14.4 Å². The molecular weight excluding hydrogens is 356 g/mol. The SMILES string of the molecule is CCCNc1nc(-c2ccc(C)c(F)c2)ncc1I. The number of rotatable bonds is 4. The Morgan fingerprint density at radius 2 is 2.16 bits per heavy atom. The van der Waals surface area contributed by atoms with E-state index in [1.54, 1.807) is 19.2 Å². The van der Waals surface area contributed by atoms with Gasteiger partial charge in [-0.3, -0.25) is 0 Å². The highest BCUT2D eigenvalue weighted by molar-refractivity contribution is 14.1. The molecule has 100 valence electrons. The van der Waals surface area contributed by atoms with E-state index in [0.29, 0.717) is 17.0 Å². The molecule has 0 aliphatic rings. The maximum absolute atomic E-state index is 13.6. The van der Waals surface area contributed by atoms with E-state index < -0.39 is 0 Å². The number of aromatic nitrogens is 2. The van der Waals surface area contributed by atoms with Crippen molar-refractivity contribution in [2.24, 2.45) is 0 Å². The van der Waals surface area contributed by atoms with Gasteiger partial charge < -0.3 is 5.32 Å². The maximum Gasteiger partial charge on any atom is 0.161 e.